The highest BCUT2D eigenvalue weighted by atomic mass is 16.1. The van der Waals surface area contributed by atoms with E-state index >= 15 is 0 Å². The van der Waals surface area contributed by atoms with Gasteiger partial charge < -0.3 is 0 Å². The second-order valence-corrected chi connectivity index (χ2v) is 4.05. The van der Waals surface area contributed by atoms with Crippen LogP contribution in [-0.4, -0.2) is 15.6 Å². The molecule has 1 aromatic carbocycles. The molecule has 0 fully saturated rings. The smallest absolute Gasteiger partial charge is 0.262 e. The lowest BCUT2D eigenvalue weighted by molar-refractivity contribution is 0.487. The first-order valence-corrected chi connectivity index (χ1v) is 5.36. The van der Waals surface area contributed by atoms with E-state index in [4.69, 9.17) is 0 Å². The Morgan fingerprint density at radius 3 is 2.88 bits per heavy atom. The van der Waals surface area contributed by atoms with Gasteiger partial charge in [-0.2, -0.15) is 0 Å². The zero-order chi connectivity index (χ0) is 11.5. The Morgan fingerprint density at radius 2 is 2.12 bits per heavy atom. The summed E-state index contributed by atoms with van der Waals surface area (Å²) in [7, 11) is 0. The topological polar surface area (TPSA) is 46.9 Å². The van der Waals surface area contributed by atoms with Gasteiger partial charge in [0.05, 0.1) is 23.9 Å². The molecule has 84 valence electrons. The summed E-state index contributed by atoms with van der Waals surface area (Å²) in [5, 5.41) is 3.85. The van der Waals surface area contributed by atoms with Crippen LogP contribution in [-0.2, 0) is 6.67 Å². The van der Waals surface area contributed by atoms with Crippen molar-refractivity contribution in [2.45, 2.75) is 26.6 Å². The van der Waals surface area contributed by atoms with Crippen LogP contribution in [0.3, 0.4) is 0 Å². The van der Waals surface area contributed by atoms with Crippen molar-refractivity contribution in [2.24, 2.45) is 0 Å². The minimum absolute atomic E-state index is 0.00116. The molecule has 16 heavy (non-hydrogen) atoms. The highest BCUT2D eigenvalue weighted by Gasteiger charge is 2.02. The first-order chi connectivity index (χ1) is 7.68. The Hall–Kier alpha value is -1.68. The van der Waals surface area contributed by atoms with Crippen molar-refractivity contribution < 1.29 is 0 Å². The summed E-state index contributed by atoms with van der Waals surface area (Å²) in [6.07, 6.45) is 1.58. The molecule has 1 heterocycles. The third kappa shape index (κ3) is 2.12. The zero-order valence-corrected chi connectivity index (χ0v) is 9.47. The lowest BCUT2D eigenvalue weighted by Gasteiger charge is -2.10. The molecule has 0 saturated carbocycles. The normalized spacial score (nSPS) is 11.2. The fourth-order valence-corrected chi connectivity index (χ4v) is 1.50. The number of rotatable bonds is 3. The highest BCUT2D eigenvalue weighted by molar-refractivity contribution is 5.76. The number of nitrogens with one attached hydrogen (secondary N) is 1. The Kier molecular flexibility index (Phi) is 3.01. The van der Waals surface area contributed by atoms with Gasteiger partial charge in [-0.3, -0.25) is 14.7 Å². The molecular formula is C12H15N3O. The van der Waals surface area contributed by atoms with Crippen molar-refractivity contribution in [3.63, 3.8) is 0 Å². The van der Waals surface area contributed by atoms with Crippen molar-refractivity contribution in [1.29, 1.82) is 0 Å². The molecular weight excluding hydrogens is 202 g/mol. The minimum Gasteiger partial charge on any atom is -0.297 e. The lowest BCUT2D eigenvalue weighted by Crippen LogP contribution is -2.32. The molecule has 0 aliphatic heterocycles. The summed E-state index contributed by atoms with van der Waals surface area (Å²) in [4.78, 5) is 16.3. The van der Waals surface area contributed by atoms with Gasteiger partial charge in [-0.05, 0) is 26.0 Å². The number of nitrogens with zero attached hydrogens (tertiary/aromatic N) is 2. The van der Waals surface area contributed by atoms with Gasteiger partial charge in [-0.15, -0.1) is 0 Å². The number of hydrogen-bond donors (Lipinski definition) is 1. The predicted molar refractivity (Wildman–Crippen MR) is 64.3 cm³/mol. The van der Waals surface area contributed by atoms with Crippen molar-refractivity contribution >= 4 is 10.9 Å². The van der Waals surface area contributed by atoms with Gasteiger partial charge in [-0.1, -0.05) is 12.1 Å². The predicted octanol–water partition coefficient (Wildman–Crippen LogP) is 1.35. The van der Waals surface area contributed by atoms with Crippen LogP contribution in [0.4, 0.5) is 0 Å². The maximum Gasteiger partial charge on any atom is 0.262 e. The number of hydrogen-bond acceptors (Lipinski definition) is 3. The van der Waals surface area contributed by atoms with Crippen LogP contribution in [0.15, 0.2) is 35.4 Å². The molecule has 4 nitrogen and oxygen atoms in total. The van der Waals surface area contributed by atoms with E-state index in [0.717, 1.165) is 5.52 Å². The minimum atomic E-state index is -0.00116. The van der Waals surface area contributed by atoms with E-state index in [2.05, 4.69) is 10.3 Å². The largest absolute Gasteiger partial charge is 0.297 e. The summed E-state index contributed by atoms with van der Waals surface area (Å²) >= 11 is 0. The Balaban J connectivity index is 2.41. The van der Waals surface area contributed by atoms with Gasteiger partial charge >= 0.3 is 0 Å². The summed E-state index contributed by atoms with van der Waals surface area (Å²) < 4.78 is 1.59. The fourth-order valence-electron chi connectivity index (χ4n) is 1.50. The van der Waals surface area contributed by atoms with Crippen molar-refractivity contribution in [2.75, 3.05) is 0 Å². The van der Waals surface area contributed by atoms with Gasteiger partial charge in [0.1, 0.15) is 0 Å². The maximum atomic E-state index is 12.0. The zero-order valence-electron chi connectivity index (χ0n) is 9.47. The van der Waals surface area contributed by atoms with Crippen LogP contribution in [0.5, 0.6) is 0 Å². The van der Waals surface area contributed by atoms with Crippen LogP contribution >= 0.6 is 0 Å². The van der Waals surface area contributed by atoms with Gasteiger partial charge in [0.2, 0.25) is 0 Å². The van der Waals surface area contributed by atoms with Crippen LogP contribution in [0, 0.1) is 0 Å². The molecule has 0 spiro atoms. The molecule has 0 bridgehead atoms. The first kappa shape index (κ1) is 10.8. The van der Waals surface area contributed by atoms with Gasteiger partial charge in [0, 0.05) is 6.04 Å². The van der Waals surface area contributed by atoms with Crippen LogP contribution in [0.2, 0.25) is 0 Å². The lowest BCUT2D eigenvalue weighted by atomic mass is 10.2. The monoisotopic (exact) mass is 217 g/mol. The molecule has 2 aromatic rings. The highest BCUT2D eigenvalue weighted by Crippen LogP contribution is 2.04. The third-order valence-corrected chi connectivity index (χ3v) is 2.40. The average Bonchev–Trinajstić information content (AvgIpc) is 2.28. The SMILES string of the molecule is CC(C)NCn1cnc2ccccc2c1=O. The summed E-state index contributed by atoms with van der Waals surface area (Å²) in [5.74, 6) is 0. The van der Waals surface area contributed by atoms with Crippen LogP contribution in [0.1, 0.15) is 13.8 Å². The number of aromatic nitrogens is 2. The van der Waals surface area contributed by atoms with Gasteiger partial charge in [0.25, 0.3) is 5.56 Å². The molecule has 0 amide bonds. The Labute approximate surface area is 93.9 Å². The molecule has 1 aromatic heterocycles. The molecule has 0 radical (unpaired) electrons. The van der Waals surface area contributed by atoms with E-state index in [9.17, 15) is 4.79 Å². The standard InChI is InChI=1S/C12H15N3O/c1-9(2)13-7-15-8-14-11-6-4-3-5-10(11)12(15)16/h3-6,8-9,13H,7H2,1-2H3. The van der Waals surface area contributed by atoms with Gasteiger partial charge in [-0.25, -0.2) is 4.98 Å². The third-order valence-electron chi connectivity index (χ3n) is 2.40. The van der Waals surface area contributed by atoms with E-state index in [-0.39, 0.29) is 5.56 Å². The molecule has 0 aliphatic carbocycles. The van der Waals surface area contributed by atoms with Crippen molar-refractivity contribution in [3.8, 4) is 0 Å². The first-order valence-electron chi connectivity index (χ1n) is 5.36. The molecule has 0 unspecified atom stereocenters. The Morgan fingerprint density at radius 1 is 1.38 bits per heavy atom. The average molecular weight is 217 g/mol. The Bertz CT molecular complexity index is 545. The quantitative estimate of drug-likeness (QED) is 0.844. The van der Waals surface area contributed by atoms with E-state index < -0.39 is 0 Å². The molecule has 0 aliphatic rings. The number of para-hydroxylation sites is 1. The molecule has 2 rings (SSSR count). The van der Waals surface area contributed by atoms with E-state index in [1.165, 1.54) is 0 Å². The molecule has 0 atom stereocenters. The number of fused-ring (bicyclic) bond motifs is 1. The number of benzene rings is 1. The molecule has 1 N–H and O–H groups in total. The van der Waals surface area contributed by atoms with Crippen LogP contribution in [0.25, 0.3) is 10.9 Å². The summed E-state index contributed by atoms with van der Waals surface area (Å²) in [5.41, 5.74) is 0.743. The van der Waals surface area contributed by atoms with Crippen molar-refractivity contribution in [1.82, 2.24) is 14.9 Å². The van der Waals surface area contributed by atoms with Crippen molar-refractivity contribution in [3.05, 3.63) is 40.9 Å². The van der Waals surface area contributed by atoms with Crippen LogP contribution < -0.4 is 10.9 Å². The van der Waals surface area contributed by atoms with Gasteiger partial charge in [0.15, 0.2) is 0 Å². The van der Waals surface area contributed by atoms with E-state index in [1.54, 1.807) is 17.0 Å². The summed E-state index contributed by atoms with van der Waals surface area (Å²) in [6, 6.07) is 7.73. The maximum absolute atomic E-state index is 12.0. The molecule has 0 saturated heterocycles. The second kappa shape index (κ2) is 4.45. The fraction of sp³-hybridized carbons (Fsp3) is 0.333. The summed E-state index contributed by atoms with van der Waals surface area (Å²) in [6.45, 7) is 4.58. The second-order valence-electron chi connectivity index (χ2n) is 4.05. The molecule has 4 heteroatoms. The van der Waals surface area contributed by atoms with E-state index in [0.29, 0.717) is 18.1 Å². The van der Waals surface area contributed by atoms with E-state index in [1.807, 2.05) is 32.0 Å².